The number of hydrogen-bond acceptors (Lipinski definition) is 3. The molecule has 2 N–H and O–H groups in total. The highest BCUT2D eigenvalue weighted by Crippen LogP contribution is 2.19. The molecule has 21 heavy (non-hydrogen) atoms. The molecule has 0 aliphatic carbocycles. The van der Waals surface area contributed by atoms with Crippen molar-refractivity contribution in [1.82, 2.24) is 10.2 Å². The first-order valence-corrected chi connectivity index (χ1v) is 7.33. The molecule has 0 spiro atoms. The minimum atomic E-state index is -0.0416. The van der Waals surface area contributed by atoms with Crippen molar-refractivity contribution in [3.63, 3.8) is 0 Å². The van der Waals surface area contributed by atoms with Crippen LogP contribution in [0.3, 0.4) is 0 Å². The highest BCUT2D eigenvalue weighted by molar-refractivity contribution is 5.96. The van der Waals surface area contributed by atoms with E-state index in [1.54, 1.807) is 38.4 Å². The number of carbonyl (C=O) groups excluding carboxylic acids is 2. The summed E-state index contributed by atoms with van der Waals surface area (Å²) in [6.45, 7) is 2.98. The Morgan fingerprint density at radius 2 is 1.90 bits per heavy atom. The predicted molar refractivity (Wildman–Crippen MR) is 83.3 cm³/mol. The molecule has 1 aliphatic rings. The van der Waals surface area contributed by atoms with Crippen molar-refractivity contribution in [3.05, 3.63) is 29.8 Å². The molecule has 2 unspecified atom stereocenters. The number of amides is 2. The van der Waals surface area contributed by atoms with Crippen molar-refractivity contribution in [3.8, 4) is 0 Å². The average Bonchev–Trinajstić information content (AvgIpc) is 2.47. The molecule has 2 atom stereocenters. The van der Waals surface area contributed by atoms with Gasteiger partial charge in [0, 0.05) is 37.3 Å². The second kappa shape index (κ2) is 6.72. The van der Waals surface area contributed by atoms with Crippen molar-refractivity contribution < 1.29 is 9.59 Å². The molecule has 2 rings (SSSR count). The van der Waals surface area contributed by atoms with Crippen LogP contribution in [-0.2, 0) is 4.79 Å². The van der Waals surface area contributed by atoms with Crippen molar-refractivity contribution in [2.75, 3.05) is 26.0 Å². The zero-order valence-corrected chi connectivity index (χ0v) is 12.8. The molecule has 5 nitrogen and oxygen atoms in total. The maximum atomic E-state index is 12.2. The summed E-state index contributed by atoms with van der Waals surface area (Å²) >= 11 is 0. The number of nitrogens with one attached hydrogen (secondary N) is 2. The molecule has 0 aromatic heterocycles. The van der Waals surface area contributed by atoms with Gasteiger partial charge in [0.15, 0.2) is 0 Å². The van der Waals surface area contributed by atoms with Crippen LogP contribution >= 0.6 is 0 Å². The summed E-state index contributed by atoms with van der Waals surface area (Å²) < 4.78 is 0. The highest BCUT2D eigenvalue weighted by atomic mass is 16.2. The number of carbonyl (C=O) groups is 2. The van der Waals surface area contributed by atoms with Gasteiger partial charge in [-0.05, 0) is 50.6 Å². The molecule has 5 heteroatoms. The maximum absolute atomic E-state index is 12.2. The van der Waals surface area contributed by atoms with Crippen LogP contribution in [0.5, 0.6) is 0 Å². The number of nitrogens with zero attached hydrogens (tertiary/aromatic N) is 1. The largest absolute Gasteiger partial charge is 0.345 e. The Kier molecular flexibility index (Phi) is 4.96. The predicted octanol–water partition coefficient (Wildman–Crippen LogP) is 1.71. The van der Waals surface area contributed by atoms with E-state index in [4.69, 9.17) is 0 Å². The first-order chi connectivity index (χ1) is 9.97. The van der Waals surface area contributed by atoms with Crippen LogP contribution in [0.1, 0.15) is 30.1 Å². The molecule has 0 bridgehead atoms. The van der Waals surface area contributed by atoms with Gasteiger partial charge in [-0.1, -0.05) is 0 Å². The van der Waals surface area contributed by atoms with E-state index in [0.29, 0.717) is 11.6 Å². The zero-order chi connectivity index (χ0) is 15.4. The molecular formula is C16H23N3O2. The summed E-state index contributed by atoms with van der Waals surface area (Å²) in [5, 5.41) is 6.27. The first-order valence-electron chi connectivity index (χ1n) is 7.33. The van der Waals surface area contributed by atoms with Gasteiger partial charge in [0.05, 0.1) is 0 Å². The lowest BCUT2D eigenvalue weighted by atomic mass is 9.92. The number of piperidine rings is 1. The van der Waals surface area contributed by atoms with E-state index in [9.17, 15) is 9.59 Å². The standard InChI is InChI=1S/C16H23N3O2/c1-11-10-13(8-9-17-11)15(20)18-14-6-4-12(5-7-14)16(21)19(2)3/h4-7,11,13,17H,8-10H2,1-3H3,(H,18,20). The summed E-state index contributed by atoms with van der Waals surface area (Å²) in [5.41, 5.74) is 1.36. The third-order valence-electron chi connectivity index (χ3n) is 3.80. The summed E-state index contributed by atoms with van der Waals surface area (Å²) in [5.74, 6) is 0.0828. The number of hydrogen-bond donors (Lipinski definition) is 2. The number of benzene rings is 1. The van der Waals surface area contributed by atoms with E-state index in [2.05, 4.69) is 17.6 Å². The van der Waals surface area contributed by atoms with Gasteiger partial charge in [0.25, 0.3) is 5.91 Å². The third-order valence-corrected chi connectivity index (χ3v) is 3.80. The fourth-order valence-electron chi connectivity index (χ4n) is 2.57. The van der Waals surface area contributed by atoms with E-state index in [0.717, 1.165) is 25.1 Å². The van der Waals surface area contributed by atoms with Gasteiger partial charge in [0.2, 0.25) is 5.91 Å². The van der Waals surface area contributed by atoms with Crippen molar-refractivity contribution in [2.24, 2.45) is 5.92 Å². The Balaban J connectivity index is 1.96. The summed E-state index contributed by atoms with van der Waals surface area (Å²) in [7, 11) is 3.44. The Bertz CT molecular complexity index is 511. The zero-order valence-electron chi connectivity index (χ0n) is 12.8. The smallest absolute Gasteiger partial charge is 0.253 e. The maximum Gasteiger partial charge on any atom is 0.253 e. The molecule has 1 aromatic carbocycles. The molecule has 114 valence electrons. The van der Waals surface area contributed by atoms with Gasteiger partial charge in [-0.3, -0.25) is 9.59 Å². The van der Waals surface area contributed by atoms with Crippen LogP contribution in [0, 0.1) is 5.92 Å². The van der Waals surface area contributed by atoms with Crippen molar-refractivity contribution in [1.29, 1.82) is 0 Å². The van der Waals surface area contributed by atoms with E-state index >= 15 is 0 Å². The van der Waals surface area contributed by atoms with Crippen LogP contribution in [0.15, 0.2) is 24.3 Å². The van der Waals surface area contributed by atoms with Gasteiger partial charge in [-0.25, -0.2) is 0 Å². The topological polar surface area (TPSA) is 61.4 Å². The summed E-state index contributed by atoms with van der Waals surface area (Å²) in [6.07, 6.45) is 1.73. The minimum absolute atomic E-state index is 0.0416. The molecule has 1 aromatic rings. The van der Waals surface area contributed by atoms with Crippen LogP contribution in [0.25, 0.3) is 0 Å². The van der Waals surface area contributed by atoms with Crippen LogP contribution in [0.4, 0.5) is 5.69 Å². The van der Waals surface area contributed by atoms with Crippen molar-refractivity contribution >= 4 is 17.5 Å². The summed E-state index contributed by atoms with van der Waals surface area (Å²) in [4.78, 5) is 25.6. The fraction of sp³-hybridized carbons (Fsp3) is 0.500. The second-order valence-corrected chi connectivity index (χ2v) is 5.84. The average molecular weight is 289 g/mol. The molecule has 1 saturated heterocycles. The molecule has 0 saturated carbocycles. The van der Waals surface area contributed by atoms with Gasteiger partial charge in [-0.15, -0.1) is 0 Å². The van der Waals surface area contributed by atoms with Gasteiger partial charge in [-0.2, -0.15) is 0 Å². The van der Waals surface area contributed by atoms with Crippen LogP contribution in [-0.4, -0.2) is 43.4 Å². The van der Waals surface area contributed by atoms with Gasteiger partial charge < -0.3 is 15.5 Å². The third kappa shape index (κ3) is 4.04. The normalized spacial score (nSPS) is 21.7. The van der Waals surface area contributed by atoms with E-state index in [1.165, 1.54) is 4.90 Å². The Morgan fingerprint density at radius 3 is 2.48 bits per heavy atom. The molecule has 1 aliphatic heterocycles. The molecule has 1 heterocycles. The molecule has 0 radical (unpaired) electrons. The minimum Gasteiger partial charge on any atom is -0.345 e. The first kappa shape index (κ1) is 15.5. The molecular weight excluding hydrogens is 266 g/mol. The summed E-state index contributed by atoms with van der Waals surface area (Å²) in [6, 6.07) is 7.42. The fourth-order valence-corrected chi connectivity index (χ4v) is 2.57. The quantitative estimate of drug-likeness (QED) is 0.890. The number of anilines is 1. The SMILES string of the molecule is CC1CC(C(=O)Nc2ccc(C(=O)N(C)C)cc2)CCN1. The molecule has 1 fully saturated rings. The molecule has 2 amide bonds. The van der Waals surface area contributed by atoms with E-state index in [1.807, 2.05) is 0 Å². The van der Waals surface area contributed by atoms with Crippen LogP contribution < -0.4 is 10.6 Å². The van der Waals surface area contributed by atoms with Gasteiger partial charge >= 0.3 is 0 Å². The lowest BCUT2D eigenvalue weighted by Crippen LogP contribution is -2.40. The lowest BCUT2D eigenvalue weighted by molar-refractivity contribution is -0.120. The second-order valence-electron chi connectivity index (χ2n) is 5.84. The van der Waals surface area contributed by atoms with E-state index in [-0.39, 0.29) is 17.7 Å². The Labute approximate surface area is 125 Å². The number of rotatable bonds is 3. The van der Waals surface area contributed by atoms with E-state index < -0.39 is 0 Å². The Morgan fingerprint density at radius 1 is 1.24 bits per heavy atom. The van der Waals surface area contributed by atoms with Gasteiger partial charge in [0.1, 0.15) is 0 Å². The van der Waals surface area contributed by atoms with Crippen LogP contribution in [0.2, 0.25) is 0 Å². The monoisotopic (exact) mass is 289 g/mol. The highest BCUT2D eigenvalue weighted by Gasteiger charge is 2.24. The lowest BCUT2D eigenvalue weighted by Gasteiger charge is -2.27. The Hall–Kier alpha value is -1.88. The van der Waals surface area contributed by atoms with Crippen molar-refractivity contribution in [2.45, 2.75) is 25.8 Å².